The van der Waals surface area contributed by atoms with Crippen LogP contribution in [0.15, 0.2) is 24.3 Å². The van der Waals surface area contributed by atoms with E-state index in [0.29, 0.717) is 29.2 Å². The van der Waals surface area contributed by atoms with Crippen molar-refractivity contribution in [1.29, 1.82) is 0 Å². The highest BCUT2D eigenvalue weighted by Crippen LogP contribution is 2.44. The van der Waals surface area contributed by atoms with Gasteiger partial charge >= 0.3 is 0 Å². The number of hydrogen-bond acceptors (Lipinski definition) is 3. The number of rotatable bonds is 7. The molecule has 1 aromatic rings. The van der Waals surface area contributed by atoms with Crippen LogP contribution in [0.1, 0.15) is 36.0 Å². The molecule has 0 aromatic heterocycles. The van der Waals surface area contributed by atoms with Crippen LogP contribution in [0.5, 0.6) is 5.75 Å². The molecule has 0 heterocycles. The Morgan fingerprint density at radius 1 is 1.20 bits per heavy atom. The third-order valence-corrected chi connectivity index (χ3v) is 3.97. The van der Waals surface area contributed by atoms with E-state index in [1.165, 1.54) is 25.7 Å². The van der Waals surface area contributed by atoms with Gasteiger partial charge in [0.25, 0.3) is 5.91 Å². The molecule has 106 valence electrons. The summed E-state index contributed by atoms with van der Waals surface area (Å²) in [4.78, 5) is 22.5. The molecule has 0 radical (unpaired) electrons. The molecule has 2 aliphatic rings. The van der Waals surface area contributed by atoms with Gasteiger partial charge in [-0.1, -0.05) is 0 Å². The lowest BCUT2D eigenvalue weighted by Gasteiger charge is -2.17. The van der Waals surface area contributed by atoms with Gasteiger partial charge in [0, 0.05) is 11.6 Å². The molecule has 2 aliphatic carbocycles. The van der Waals surface area contributed by atoms with E-state index < -0.39 is 0 Å². The van der Waals surface area contributed by atoms with Gasteiger partial charge < -0.3 is 10.1 Å². The molecule has 2 saturated carbocycles. The van der Waals surface area contributed by atoms with Gasteiger partial charge in [0.05, 0.1) is 0 Å². The molecular formula is C16H19NO3. The summed E-state index contributed by atoms with van der Waals surface area (Å²) >= 11 is 0. The minimum Gasteiger partial charge on any atom is -0.484 e. The van der Waals surface area contributed by atoms with Crippen molar-refractivity contribution in [3.05, 3.63) is 29.8 Å². The average Bonchev–Trinajstić information content (AvgIpc) is 3.36. The molecule has 3 rings (SSSR count). The van der Waals surface area contributed by atoms with Crippen LogP contribution in [0, 0.1) is 11.8 Å². The molecule has 0 unspecified atom stereocenters. The van der Waals surface area contributed by atoms with E-state index in [0.717, 1.165) is 6.29 Å². The number of ether oxygens (including phenoxy) is 1. The van der Waals surface area contributed by atoms with Crippen LogP contribution in [0.3, 0.4) is 0 Å². The van der Waals surface area contributed by atoms with Crippen molar-refractivity contribution < 1.29 is 14.3 Å². The number of benzene rings is 1. The topological polar surface area (TPSA) is 55.4 Å². The molecular weight excluding hydrogens is 254 g/mol. The highest BCUT2D eigenvalue weighted by Gasteiger charge is 2.42. The van der Waals surface area contributed by atoms with Crippen molar-refractivity contribution in [2.24, 2.45) is 11.8 Å². The molecule has 0 aliphatic heterocycles. The molecule has 0 bridgehead atoms. The largest absolute Gasteiger partial charge is 0.484 e. The predicted molar refractivity (Wildman–Crippen MR) is 74.7 cm³/mol. The number of hydrogen-bond donors (Lipinski definition) is 1. The standard InChI is InChI=1S/C16H19NO3/c18-9-11-1-7-14(8-2-11)20-10-15(19)17-16(12-3-4-12)13-5-6-13/h1-2,7-9,12-13,16H,3-6,10H2,(H,17,19). The fraction of sp³-hybridized carbons (Fsp3) is 0.500. The zero-order chi connectivity index (χ0) is 13.9. The zero-order valence-corrected chi connectivity index (χ0v) is 11.4. The Labute approximate surface area is 118 Å². The van der Waals surface area contributed by atoms with E-state index in [-0.39, 0.29) is 12.5 Å². The maximum Gasteiger partial charge on any atom is 0.258 e. The van der Waals surface area contributed by atoms with Crippen molar-refractivity contribution in [1.82, 2.24) is 5.32 Å². The molecule has 4 heteroatoms. The third kappa shape index (κ3) is 3.38. The Kier molecular flexibility index (Phi) is 3.72. The first-order valence-corrected chi connectivity index (χ1v) is 7.23. The summed E-state index contributed by atoms with van der Waals surface area (Å²) in [6.45, 7) is 0.0381. The number of nitrogens with one attached hydrogen (secondary N) is 1. The summed E-state index contributed by atoms with van der Waals surface area (Å²) in [5, 5.41) is 3.11. The number of carbonyl (C=O) groups is 2. The van der Waals surface area contributed by atoms with Crippen LogP contribution in [0.2, 0.25) is 0 Å². The van der Waals surface area contributed by atoms with E-state index in [1.54, 1.807) is 24.3 Å². The maximum atomic E-state index is 11.9. The Bertz CT molecular complexity index is 477. The van der Waals surface area contributed by atoms with Gasteiger partial charge in [-0.2, -0.15) is 0 Å². The van der Waals surface area contributed by atoms with Gasteiger partial charge in [0.2, 0.25) is 0 Å². The van der Waals surface area contributed by atoms with E-state index >= 15 is 0 Å². The fourth-order valence-electron chi connectivity index (χ4n) is 2.55. The quantitative estimate of drug-likeness (QED) is 0.775. The lowest BCUT2D eigenvalue weighted by atomic mass is 10.1. The van der Waals surface area contributed by atoms with E-state index in [9.17, 15) is 9.59 Å². The summed E-state index contributed by atoms with van der Waals surface area (Å²) in [6.07, 6.45) is 5.77. The van der Waals surface area contributed by atoms with Crippen molar-refractivity contribution >= 4 is 12.2 Å². The van der Waals surface area contributed by atoms with Crippen LogP contribution in [-0.4, -0.2) is 24.8 Å². The highest BCUT2D eigenvalue weighted by atomic mass is 16.5. The first kappa shape index (κ1) is 13.2. The van der Waals surface area contributed by atoms with Crippen molar-refractivity contribution in [2.45, 2.75) is 31.7 Å². The Hall–Kier alpha value is -1.84. The first-order valence-electron chi connectivity index (χ1n) is 7.23. The summed E-state index contributed by atoms with van der Waals surface area (Å²) in [6, 6.07) is 7.13. The molecule has 20 heavy (non-hydrogen) atoms. The Morgan fingerprint density at radius 3 is 2.30 bits per heavy atom. The van der Waals surface area contributed by atoms with Gasteiger partial charge in [-0.25, -0.2) is 0 Å². The summed E-state index contributed by atoms with van der Waals surface area (Å²) in [7, 11) is 0. The minimum absolute atomic E-state index is 0.0381. The van der Waals surface area contributed by atoms with E-state index in [2.05, 4.69) is 5.32 Å². The van der Waals surface area contributed by atoms with Crippen LogP contribution < -0.4 is 10.1 Å². The number of carbonyl (C=O) groups excluding carboxylic acids is 2. The van der Waals surface area contributed by atoms with Crippen LogP contribution in [0.4, 0.5) is 0 Å². The Morgan fingerprint density at radius 2 is 1.80 bits per heavy atom. The van der Waals surface area contributed by atoms with Gasteiger partial charge in [-0.05, 0) is 61.8 Å². The van der Waals surface area contributed by atoms with Crippen molar-refractivity contribution in [3.8, 4) is 5.75 Å². The van der Waals surface area contributed by atoms with Gasteiger partial charge in [0.15, 0.2) is 6.61 Å². The van der Waals surface area contributed by atoms with Crippen molar-refractivity contribution in [2.75, 3.05) is 6.61 Å². The van der Waals surface area contributed by atoms with Crippen molar-refractivity contribution in [3.63, 3.8) is 0 Å². The average molecular weight is 273 g/mol. The van der Waals surface area contributed by atoms with Gasteiger partial charge in [-0.15, -0.1) is 0 Å². The van der Waals surface area contributed by atoms with E-state index in [4.69, 9.17) is 4.74 Å². The molecule has 0 spiro atoms. The van der Waals surface area contributed by atoms with Crippen LogP contribution in [0.25, 0.3) is 0 Å². The summed E-state index contributed by atoms with van der Waals surface area (Å²) < 4.78 is 5.44. The second-order valence-electron chi connectivity index (χ2n) is 5.74. The monoisotopic (exact) mass is 273 g/mol. The maximum absolute atomic E-state index is 11.9. The van der Waals surface area contributed by atoms with Gasteiger partial charge in [-0.3, -0.25) is 9.59 Å². The molecule has 4 nitrogen and oxygen atoms in total. The van der Waals surface area contributed by atoms with Crippen LogP contribution in [-0.2, 0) is 4.79 Å². The normalized spacial score (nSPS) is 17.9. The number of amides is 1. The smallest absolute Gasteiger partial charge is 0.258 e. The van der Waals surface area contributed by atoms with Gasteiger partial charge in [0.1, 0.15) is 12.0 Å². The zero-order valence-electron chi connectivity index (χ0n) is 11.4. The summed E-state index contributed by atoms with van der Waals surface area (Å²) in [5.41, 5.74) is 0.601. The molecule has 0 atom stereocenters. The fourth-order valence-corrected chi connectivity index (χ4v) is 2.55. The SMILES string of the molecule is O=Cc1ccc(OCC(=O)NC(C2CC2)C2CC2)cc1. The van der Waals surface area contributed by atoms with Crippen LogP contribution >= 0.6 is 0 Å². The highest BCUT2D eigenvalue weighted by molar-refractivity contribution is 5.78. The minimum atomic E-state index is -0.0479. The number of aldehydes is 1. The molecule has 0 saturated heterocycles. The molecule has 1 N–H and O–H groups in total. The second-order valence-corrected chi connectivity index (χ2v) is 5.74. The molecule has 1 aromatic carbocycles. The lowest BCUT2D eigenvalue weighted by molar-refractivity contribution is -0.124. The van der Waals surface area contributed by atoms with E-state index in [1.807, 2.05) is 0 Å². The molecule has 1 amide bonds. The first-order chi connectivity index (χ1) is 9.76. The Balaban J connectivity index is 1.47. The third-order valence-electron chi connectivity index (χ3n) is 3.97. The predicted octanol–water partition coefficient (Wildman–Crippen LogP) is 2.18. The summed E-state index contributed by atoms with van der Waals surface area (Å²) in [5.74, 6) is 1.95. The molecule has 2 fully saturated rings. The second kappa shape index (κ2) is 5.65. The lowest BCUT2D eigenvalue weighted by Crippen LogP contribution is -2.40.